The van der Waals surface area contributed by atoms with Gasteiger partial charge in [-0.2, -0.15) is 13.2 Å². The Balaban J connectivity index is 2.38. The van der Waals surface area contributed by atoms with Crippen molar-refractivity contribution in [3.05, 3.63) is 46.3 Å². The van der Waals surface area contributed by atoms with Crippen LogP contribution in [0.5, 0.6) is 0 Å². The Labute approximate surface area is 116 Å². The number of anilines is 2. The molecule has 0 fully saturated rings. The zero-order valence-electron chi connectivity index (χ0n) is 9.79. The third kappa shape index (κ3) is 3.23. The summed E-state index contributed by atoms with van der Waals surface area (Å²) in [6, 6.07) is 3.99. The number of hydrogen-bond acceptors (Lipinski definition) is 3. The molecule has 3 nitrogen and oxygen atoms in total. The molecule has 0 unspecified atom stereocenters. The Bertz CT molecular complexity index is 599. The van der Waals surface area contributed by atoms with Gasteiger partial charge in [-0.1, -0.05) is 0 Å². The van der Waals surface area contributed by atoms with Crippen LogP contribution in [0.4, 0.5) is 24.7 Å². The van der Waals surface area contributed by atoms with E-state index in [1.165, 1.54) is 12.3 Å². The molecule has 0 bridgehead atoms. The van der Waals surface area contributed by atoms with Gasteiger partial charge in [-0.05, 0) is 46.6 Å². The van der Waals surface area contributed by atoms with Gasteiger partial charge in [0.2, 0.25) is 0 Å². The van der Waals surface area contributed by atoms with Gasteiger partial charge in [-0.3, -0.25) is 4.98 Å². The molecule has 19 heavy (non-hydrogen) atoms. The molecule has 7 heteroatoms. The van der Waals surface area contributed by atoms with Crippen LogP contribution in [0.1, 0.15) is 11.3 Å². The Morgan fingerprint density at radius 2 is 1.95 bits per heavy atom. The largest absolute Gasteiger partial charge is 0.433 e. The summed E-state index contributed by atoms with van der Waals surface area (Å²) in [6.45, 7) is 1.82. The molecule has 0 saturated heterocycles. The number of hydrogen-bond donors (Lipinski definition) is 1. The summed E-state index contributed by atoms with van der Waals surface area (Å²) in [7, 11) is 0. The first kappa shape index (κ1) is 13.8. The highest BCUT2D eigenvalue weighted by atomic mass is 79.9. The highest BCUT2D eigenvalue weighted by Crippen LogP contribution is 2.32. The summed E-state index contributed by atoms with van der Waals surface area (Å²) in [5, 5.41) is 2.83. The number of alkyl halides is 3. The van der Waals surface area contributed by atoms with Gasteiger partial charge in [0.05, 0.1) is 16.4 Å². The van der Waals surface area contributed by atoms with Crippen molar-refractivity contribution in [3.63, 3.8) is 0 Å². The minimum atomic E-state index is -4.47. The van der Waals surface area contributed by atoms with E-state index >= 15 is 0 Å². The van der Waals surface area contributed by atoms with Crippen LogP contribution in [0.25, 0.3) is 0 Å². The Morgan fingerprint density at radius 3 is 2.58 bits per heavy atom. The molecule has 100 valence electrons. The Kier molecular flexibility index (Phi) is 3.75. The Hall–Kier alpha value is -1.63. The molecule has 0 saturated carbocycles. The van der Waals surface area contributed by atoms with Crippen molar-refractivity contribution in [1.82, 2.24) is 9.97 Å². The lowest BCUT2D eigenvalue weighted by atomic mass is 10.2. The van der Waals surface area contributed by atoms with E-state index in [2.05, 4.69) is 31.2 Å². The number of aromatic nitrogens is 2. The normalized spacial score (nSPS) is 11.4. The molecular weight excluding hydrogens is 323 g/mol. The van der Waals surface area contributed by atoms with Gasteiger partial charge < -0.3 is 5.32 Å². The molecule has 0 radical (unpaired) electrons. The van der Waals surface area contributed by atoms with Crippen LogP contribution in [-0.2, 0) is 6.18 Å². The van der Waals surface area contributed by atoms with E-state index in [1.54, 1.807) is 12.3 Å². The highest BCUT2D eigenvalue weighted by Gasteiger charge is 2.33. The monoisotopic (exact) mass is 331 g/mol. The van der Waals surface area contributed by atoms with E-state index in [-0.39, 0.29) is 5.82 Å². The van der Waals surface area contributed by atoms with Gasteiger partial charge >= 0.3 is 6.18 Å². The molecule has 0 aliphatic carbocycles. The van der Waals surface area contributed by atoms with Crippen molar-refractivity contribution in [3.8, 4) is 0 Å². The van der Waals surface area contributed by atoms with Gasteiger partial charge in [0.1, 0.15) is 11.5 Å². The average molecular weight is 332 g/mol. The van der Waals surface area contributed by atoms with Gasteiger partial charge in [0.25, 0.3) is 0 Å². The van der Waals surface area contributed by atoms with E-state index in [0.29, 0.717) is 10.2 Å². The fourth-order valence-electron chi connectivity index (χ4n) is 1.41. The van der Waals surface area contributed by atoms with E-state index in [9.17, 15) is 13.2 Å². The predicted octanol–water partition coefficient (Wildman–Crippen LogP) is 4.31. The molecule has 2 heterocycles. The van der Waals surface area contributed by atoms with Crippen molar-refractivity contribution in [1.29, 1.82) is 0 Å². The Morgan fingerprint density at radius 1 is 1.21 bits per heavy atom. The topological polar surface area (TPSA) is 37.8 Å². The predicted molar refractivity (Wildman–Crippen MR) is 69.2 cm³/mol. The molecule has 0 aliphatic rings. The minimum Gasteiger partial charge on any atom is -0.338 e. The van der Waals surface area contributed by atoms with E-state index < -0.39 is 11.9 Å². The van der Waals surface area contributed by atoms with Gasteiger partial charge in [0, 0.05) is 6.20 Å². The second-order valence-electron chi connectivity index (χ2n) is 3.84. The summed E-state index contributed by atoms with van der Waals surface area (Å²) in [6.07, 6.45) is -1.33. The lowest BCUT2D eigenvalue weighted by molar-refractivity contribution is -0.141. The van der Waals surface area contributed by atoms with Crippen LogP contribution in [0.2, 0.25) is 0 Å². The lowest BCUT2D eigenvalue weighted by Gasteiger charge is -2.12. The molecule has 0 spiro atoms. The van der Waals surface area contributed by atoms with Gasteiger partial charge in [-0.15, -0.1) is 0 Å². The van der Waals surface area contributed by atoms with Crippen LogP contribution in [0.3, 0.4) is 0 Å². The van der Waals surface area contributed by atoms with E-state index in [4.69, 9.17) is 0 Å². The fourth-order valence-corrected chi connectivity index (χ4v) is 1.73. The van der Waals surface area contributed by atoms with Crippen molar-refractivity contribution >= 4 is 27.4 Å². The van der Waals surface area contributed by atoms with E-state index in [0.717, 1.165) is 11.6 Å². The first-order valence-corrected chi connectivity index (χ1v) is 6.08. The maximum Gasteiger partial charge on any atom is 0.433 e. The first-order chi connectivity index (χ1) is 8.88. The maximum atomic E-state index is 12.6. The molecule has 2 aromatic heterocycles. The number of nitrogens with zero attached hydrogens (tertiary/aromatic N) is 2. The molecule has 1 N–H and O–H groups in total. The second kappa shape index (κ2) is 5.16. The third-order valence-corrected chi connectivity index (χ3v) is 3.07. The lowest BCUT2D eigenvalue weighted by Crippen LogP contribution is -2.09. The molecular formula is C12H9BrF3N3. The second-order valence-corrected chi connectivity index (χ2v) is 4.69. The quantitative estimate of drug-likeness (QED) is 0.891. The summed E-state index contributed by atoms with van der Waals surface area (Å²) in [5.74, 6) is 0.103. The number of nitrogens with one attached hydrogen (secondary N) is 1. The van der Waals surface area contributed by atoms with Gasteiger partial charge in [0.15, 0.2) is 0 Å². The van der Waals surface area contributed by atoms with Crippen molar-refractivity contribution in [2.75, 3.05) is 5.32 Å². The standard InChI is InChI=1S/C12H9BrF3N3/c1-7-4-5-17-6-9(7)18-11-8(13)2-3-10(19-11)12(14,15)16/h2-6H,1H3,(H,18,19). The molecule has 2 aromatic rings. The number of halogens is 4. The minimum absolute atomic E-state index is 0.103. The summed E-state index contributed by atoms with van der Waals surface area (Å²) in [5.41, 5.74) is 0.524. The van der Waals surface area contributed by atoms with Crippen molar-refractivity contribution in [2.45, 2.75) is 13.1 Å². The van der Waals surface area contributed by atoms with Gasteiger partial charge in [-0.25, -0.2) is 4.98 Å². The smallest absolute Gasteiger partial charge is 0.338 e. The molecule has 0 aliphatic heterocycles. The van der Waals surface area contributed by atoms with Crippen LogP contribution in [0, 0.1) is 6.92 Å². The third-order valence-electron chi connectivity index (χ3n) is 2.43. The highest BCUT2D eigenvalue weighted by molar-refractivity contribution is 9.10. The number of aryl methyl sites for hydroxylation is 1. The first-order valence-electron chi connectivity index (χ1n) is 5.29. The molecule has 0 atom stereocenters. The SMILES string of the molecule is Cc1ccncc1Nc1nc(C(F)(F)F)ccc1Br. The zero-order chi connectivity index (χ0) is 14.0. The van der Waals surface area contributed by atoms with Crippen LogP contribution in [-0.4, -0.2) is 9.97 Å². The molecule has 0 amide bonds. The average Bonchev–Trinajstić information content (AvgIpc) is 2.33. The van der Waals surface area contributed by atoms with Crippen LogP contribution >= 0.6 is 15.9 Å². The number of rotatable bonds is 2. The zero-order valence-corrected chi connectivity index (χ0v) is 11.4. The van der Waals surface area contributed by atoms with Crippen molar-refractivity contribution in [2.24, 2.45) is 0 Å². The summed E-state index contributed by atoms with van der Waals surface area (Å²) in [4.78, 5) is 7.48. The molecule has 0 aromatic carbocycles. The summed E-state index contributed by atoms with van der Waals surface area (Å²) < 4.78 is 38.2. The number of pyridine rings is 2. The fraction of sp³-hybridized carbons (Fsp3) is 0.167. The maximum absolute atomic E-state index is 12.6. The molecule has 2 rings (SSSR count). The van der Waals surface area contributed by atoms with Crippen molar-refractivity contribution < 1.29 is 13.2 Å². The summed E-state index contributed by atoms with van der Waals surface area (Å²) >= 11 is 3.17. The van der Waals surface area contributed by atoms with Crippen LogP contribution < -0.4 is 5.32 Å². The van der Waals surface area contributed by atoms with Crippen LogP contribution in [0.15, 0.2) is 35.1 Å². The van der Waals surface area contributed by atoms with E-state index in [1.807, 2.05) is 6.92 Å².